The summed E-state index contributed by atoms with van der Waals surface area (Å²) >= 11 is 0. The molecule has 9 bridgehead atoms. The Morgan fingerprint density at radius 2 is 0.708 bits per heavy atom. The van der Waals surface area contributed by atoms with Crippen molar-refractivity contribution in [3.8, 4) is 11.1 Å². The quantitative estimate of drug-likeness (QED) is 0.173. The summed E-state index contributed by atoms with van der Waals surface area (Å²) in [5, 5.41) is 16.7. The van der Waals surface area contributed by atoms with Crippen LogP contribution in [0.3, 0.4) is 0 Å². The van der Waals surface area contributed by atoms with E-state index in [1.165, 1.54) is 86.9 Å². The highest BCUT2D eigenvalue weighted by Gasteiger charge is 2.62. The van der Waals surface area contributed by atoms with E-state index in [0.717, 1.165) is 0 Å². The van der Waals surface area contributed by atoms with Crippen LogP contribution in [0.1, 0.15) is 68.2 Å². The lowest BCUT2D eigenvalue weighted by Gasteiger charge is -2.53. The summed E-state index contributed by atoms with van der Waals surface area (Å²) in [6.07, 6.45) is 0. The maximum atomic E-state index is 2.48. The first-order chi connectivity index (χ1) is 23.8. The zero-order valence-electron chi connectivity index (χ0n) is 26.0. The Kier molecular flexibility index (Phi) is 3.70. The molecule has 7 aliphatic rings. The fourth-order valence-electron chi connectivity index (χ4n) is 11.6. The van der Waals surface area contributed by atoms with Crippen LogP contribution >= 0.6 is 0 Å². The molecule has 0 radical (unpaired) electrons. The second-order valence-electron chi connectivity index (χ2n) is 15.0. The lowest BCUT2D eigenvalue weighted by atomic mass is 9.50. The topological polar surface area (TPSA) is 0 Å². The van der Waals surface area contributed by atoms with Crippen molar-refractivity contribution in [3.05, 3.63) is 178 Å². The van der Waals surface area contributed by atoms with Crippen molar-refractivity contribution in [1.29, 1.82) is 0 Å². The Morgan fingerprint density at radius 3 is 1.23 bits per heavy atom. The Hall–Kier alpha value is -5.72. The van der Waals surface area contributed by atoms with Crippen LogP contribution in [0.25, 0.3) is 75.8 Å². The van der Waals surface area contributed by atoms with Crippen molar-refractivity contribution >= 4 is 64.6 Å². The number of hydrogen-bond donors (Lipinski definition) is 0. The first-order valence-corrected chi connectivity index (χ1v) is 17.5. The summed E-state index contributed by atoms with van der Waals surface area (Å²) in [6, 6.07) is 51.8. The van der Waals surface area contributed by atoms with Gasteiger partial charge >= 0.3 is 0 Å². The van der Waals surface area contributed by atoms with Gasteiger partial charge in [-0.3, -0.25) is 0 Å². The summed E-state index contributed by atoms with van der Waals surface area (Å²) in [6.45, 7) is 0. The van der Waals surface area contributed by atoms with E-state index in [0.29, 0.717) is 23.7 Å². The lowest BCUT2D eigenvalue weighted by molar-refractivity contribution is 0.553. The normalized spacial score (nSPS) is 20.9. The standard InChI is InChI=1S/C48H26/c1-3-23-7-9-27-17-21-33(31-19-15-25(5-1)35(23)37(27)31)41-39-29-11-13-30(14-12-29)40-43(41)47-45(39)48-44(40)42(46(47)48)34-22-18-28-10-8-24-4-2-6-26-16-20-32(34)38(28)36(24)26/h1-22,39,41-42,46H. The van der Waals surface area contributed by atoms with Crippen molar-refractivity contribution in [1.82, 2.24) is 0 Å². The molecule has 0 aromatic heterocycles. The zero-order chi connectivity index (χ0) is 30.6. The number of benzene rings is 10. The zero-order valence-corrected chi connectivity index (χ0v) is 26.0. The van der Waals surface area contributed by atoms with Crippen LogP contribution in [-0.2, 0) is 0 Å². The molecule has 0 N–H and O–H groups in total. The van der Waals surface area contributed by atoms with Crippen LogP contribution in [0.4, 0.5) is 0 Å². The third-order valence-corrected chi connectivity index (χ3v) is 13.3. The van der Waals surface area contributed by atoms with E-state index in [9.17, 15) is 0 Å². The van der Waals surface area contributed by atoms with E-state index in [2.05, 4.69) is 133 Å². The molecule has 10 aromatic carbocycles. The largest absolute Gasteiger partial charge is 0.0610 e. The summed E-state index contributed by atoms with van der Waals surface area (Å²) in [5.74, 6) is 1.70. The van der Waals surface area contributed by atoms with Gasteiger partial charge < -0.3 is 0 Å². The van der Waals surface area contributed by atoms with Gasteiger partial charge in [0, 0.05) is 23.7 Å². The average Bonchev–Trinajstić information content (AvgIpc) is 3.42. The molecule has 0 heteroatoms. The maximum absolute atomic E-state index is 2.48. The minimum Gasteiger partial charge on any atom is -0.0610 e. The van der Waals surface area contributed by atoms with Gasteiger partial charge in [-0.2, -0.15) is 0 Å². The van der Waals surface area contributed by atoms with Crippen molar-refractivity contribution < 1.29 is 0 Å². The Labute approximate surface area is 276 Å². The van der Waals surface area contributed by atoms with E-state index in [1.807, 2.05) is 0 Å². The first-order valence-electron chi connectivity index (χ1n) is 17.5. The van der Waals surface area contributed by atoms with Gasteiger partial charge in [-0.25, -0.2) is 0 Å². The number of fused-ring (bicyclic) bond motifs is 2. The fourth-order valence-corrected chi connectivity index (χ4v) is 11.6. The number of rotatable bonds is 2. The monoisotopic (exact) mass is 602 g/mol. The molecule has 0 saturated heterocycles. The van der Waals surface area contributed by atoms with Gasteiger partial charge in [0.2, 0.25) is 0 Å². The molecule has 17 rings (SSSR count). The lowest BCUT2D eigenvalue weighted by Crippen LogP contribution is -2.38. The van der Waals surface area contributed by atoms with Gasteiger partial charge in [0.25, 0.3) is 0 Å². The van der Waals surface area contributed by atoms with Crippen molar-refractivity contribution in [2.24, 2.45) is 0 Å². The van der Waals surface area contributed by atoms with Gasteiger partial charge in [-0.05, 0) is 120 Å². The second kappa shape index (κ2) is 7.53. The molecular weight excluding hydrogens is 577 g/mol. The molecule has 0 spiro atoms. The molecule has 0 amide bonds. The van der Waals surface area contributed by atoms with Crippen LogP contribution in [0, 0.1) is 0 Å². The van der Waals surface area contributed by atoms with Gasteiger partial charge in [-0.1, -0.05) is 133 Å². The summed E-state index contributed by atoms with van der Waals surface area (Å²) in [5.41, 5.74) is 15.8. The molecule has 7 aliphatic carbocycles. The Balaban J connectivity index is 1.05. The Morgan fingerprint density at radius 1 is 0.292 bits per heavy atom. The first kappa shape index (κ1) is 23.6. The fraction of sp³-hybridized carbons (Fsp3) is 0.0833. The van der Waals surface area contributed by atoms with Gasteiger partial charge in [0.15, 0.2) is 0 Å². The summed E-state index contributed by atoms with van der Waals surface area (Å²) < 4.78 is 0. The van der Waals surface area contributed by atoms with Crippen molar-refractivity contribution in [2.45, 2.75) is 23.7 Å². The van der Waals surface area contributed by atoms with Crippen LogP contribution in [0.2, 0.25) is 0 Å². The second-order valence-corrected chi connectivity index (χ2v) is 15.0. The molecule has 0 saturated carbocycles. The highest BCUT2D eigenvalue weighted by molar-refractivity contribution is 6.25. The van der Waals surface area contributed by atoms with Gasteiger partial charge in [0.05, 0.1) is 0 Å². The van der Waals surface area contributed by atoms with E-state index in [1.54, 1.807) is 33.4 Å². The molecule has 0 heterocycles. The molecule has 4 atom stereocenters. The Bertz CT molecular complexity index is 3090. The van der Waals surface area contributed by atoms with E-state index < -0.39 is 0 Å². The highest BCUT2D eigenvalue weighted by atomic mass is 14.6. The molecule has 10 aromatic rings. The van der Waals surface area contributed by atoms with Crippen LogP contribution in [0.15, 0.2) is 133 Å². The average molecular weight is 603 g/mol. The molecule has 0 aliphatic heterocycles. The van der Waals surface area contributed by atoms with Crippen molar-refractivity contribution in [3.63, 3.8) is 0 Å². The molecule has 48 heavy (non-hydrogen) atoms. The SMILES string of the molecule is c1cc2ccc3ccc(C4c5c6c7c8c(c5C8C7c5ccc7ccc8cccc9ccc5c7c89)C4c4ccc-6cc4)c4ccc(c1)c2c34. The van der Waals surface area contributed by atoms with E-state index >= 15 is 0 Å². The maximum Gasteiger partial charge on any atom is 0.0215 e. The molecule has 0 fully saturated rings. The molecular formula is C48H26. The van der Waals surface area contributed by atoms with Gasteiger partial charge in [-0.15, -0.1) is 0 Å². The molecule has 0 nitrogen and oxygen atoms in total. The predicted molar refractivity (Wildman–Crippen MR) is 200 cm³/mol. The molecule has 218 valence electrons. The van der Waals surface area contributed by atoms with Gasteiger partial charge in [0.1, 0.15) is 0 Å². The highest BCUT2D eigenvalue weighted by Crippen LogP contribution is 2.77. The van der Waals surface area contributed by atoms with Crippen molar-refractivity contribution in [2.75, 3.05) is 0 Å². The smallest absolute Gasteiger partial charge is 0.0215 e. The van der Waals surface area contributed by atoms with Crippen LogP contribution in [-0.4, -0.2) is 0 Å². The van der Waals surface area contributed by atoms with Crippen LogP contribution < -0.4 is 0 Å². The van der Waals surface area contributed by atoms with E-state index in [-0.39, 0.29) is 0 Å². The predicted octanol–water partition coefficient (Wildman–Crippen LogP) is 12.3. The summed E-state index contributed by atoms with van der Waals surface area (Å²) in [7, 11) is 0. The van der Waals surface area contributed by atoms with E-state index in [4.69, 9.17) is 0 Å². The number of hydrogen-bond acceptors (Lipinski definition) is 0. The minimum atomic E-state index is 0.356. The van der Waals surface area contributed by atoms with Crippen LogP contribution in [0.5, 0.6) is 0 Å². The third-order valence-electron chi connectivity index (χ3n) is 13.3. The molecule has 4 unspecified atom stereocenters. The summed E-state index contributed by atoms with van der Waals surface area (Å²) in [4.78, 5) is 0. The third kappa shape index (κ3) is 2.36. The minimum absolute atomic E-state index is 0.356.